The summed E-state index contributed by atoms with van der Waals surface area (Å²) in [7, 11) is 0. The Morgan fingerprint density at radius 3 is 3.12 bits per heavy atom. The van der Waals surface area contributed by atoms with Crippen LogP contribution >= 0.6 is 15.9 Å². The van der Waals surface area contributed by atoms with E-state index in [2.05, 4.69) is 41.3 Å². The average molecular weight is 388 g/mol. The van der Waals surface area contributed by atoms with Crippen LogP contribution in [-0.4, -0.2) is 55.0 Å². The quantitative estimate of drug-likeness (QED) is 0.707. The highest BCUT2D eigenvalue weighted by Crippen LogP contribution is 2.23. The second-order valence-corrected chi connectivity index (χ2v) is 6.37. The van der Waals surface area contributed by atoms with Crippen molar-refractivity contribution in [3.05, 3.63) is 52.8 Å². The monoisotopic (exact) mass is 387 g/mol. The number of aromatic nitrogens is 5. The number of pyridine rings is 1. The van der Waals surface area contributed by atoms with Crippen molar-refractivity contribution in [3.8, 4) is 0 Å². The van der Waals surface area contributed by atoms with Gasteiger partial charge in [0.15, 0.2) is 0 Å². The average Bonchev–Trinajstić information content (AvgIpc) is 3.05. The molecule has 0 bridgehead atoms. The molecule has 0 spiro atoms. The predicted molar refractivity (Wildman–Crippen MR) is 89.4 cm³/mol. The molecule has 1 aliphatic rings. The lowest BCUT2D eigenvalue weighted by Crippen LogP contribution is -2.49. The number of nitrogens with zero attached hydrogens (tertiary/aromatic N) is 6. The van der Waals surface area contributed by atoms with Crippen LogP contribution in [-0.2, 0) is 0 Å². The number of piperazine rings is 1. The third kappa shape index (κ3) is 2.76. The molecule has 1 fully saturated rings. The van der Waals surface area contributed by atoms with Crippen LogP contribution in [0.5, 0.6) is 0 Å². The molecule has 3 aromatic rings. The Bertz CT molecular complexity index is 882. The number of rotatable bonds is 2. The van der Waals surface area contributed by atoms with Crippen LogP contribution in [0.25, 0.3) is 5.78 Å². The summed E-state index contributed by atoms with van der Waals surface area (Å²) in [4.78, 5) is 27.3. The summed E-state index contributed by atoms with van der Waals surface area (Å²) in [5, 5.41) is 7.58. The van der Waals surface area contributed by atoms with Gasteiger partial charge in [0.2, 0.25) is 5.82 Å². The van der Waals surface area contributed by atoms with Gasteiger partial charge < -0.3 is 10.2 Å². The molecule has 4 rings (SSSR count). The molecular weight excluding hydrogens is 374 g/mol. The van der Waals surface area contributed by atoms with Crippen molar-refractivity contribution in [1.82, 2.24) is 34.8 Å². The van der Waals surface area contributed by atoms with Crippen molar-refractivity contribution >= 4 is 27.6 Å². The van der Waals surface area contributed by atoms with Crippen LogP contribution in [0, 0.1) is 0 Å². The smallest absolute Gasteiger partial charge is 0.294 e. The number of hydrogen-bond donors (Lipinski definition) is 1. The third-order valence-electron chi connectivity index (χ3n) is 3.93. The van der Waals surface area contributed by atoms with Crippen molar-refractivity contribution < 1.29 is 4.79 Å². The third-order valence-corrected chi connectivity index (χ3v) is 4.34. The molecule has 122 valence electrons. The highest BCUT2D eigenvalue weighted by atomic mass is 79.9. The molecule has 8 nitrogen and oxygen atoms in total. The second kappa shape index (κ2) is 6.25. The molecule has 1 amide bonds. The van der Waals surface area contributed by atoms with Gasteiger partial charge in [0, 0.05) is 44.4 Å². The Hall–Kier alpha value is -2.39. The largest absolute Gasteiger partial charge is 0.326 e. The first-order chi connectivity index (χ1) is 11.7. The molecule has 3 aromatic heterocycles. The van der Waals surface area contributed by atoms with Gasteiger partial charge in [-0.25, -0.2) is 9.50 Å². The predicted octanol–water partition coefficient (Wildman–Crippen LogP) is 1.07. The summed E-state index contributed by atoms with van der Waals surface area (Å²) < 4.78 is 2.27. The van der Waals surface area contributed by atoms with Gasteiger partial charge in [-0.15, -0.1) is 5.10 Å². The highest BCUT2D eigenvalue weighted by molar-refractivity contribution is 9.10. The summed E-state index contributed by atoms with van der Waals surface area (Å²) in [6.07, 6.45) is 6.86. The van der Waals surface area contributed by atoms with Crippen molar-refractivity contribution in [2.75, 3.05) is 19.6 Å². The normalized spacial score (nSPS) is 18.0. The van der Waals surface area contributed by atoms with E-state index in [-0.39, 0.29) is 17.8 Å². The molecule has 1 N–H and O–H groups in total. The number of amides is 1. The molecule has 0 aromatic carbocycles. The van der Waals surface area contributed by atoms with Gasteiger partial charge >= 0.3 is 0 Å². The maximum atomic E-state index is 12.9. The molecule has 0 radical (unpaired) electrons. The lowest BCUT2D eigenvalue weighted by atomic mass is 10.1. The SMILES string of the molecule is O=C(c1nc2ncc(Br)cn2n1)N1CCNCC1c1cccnc1. The lowest BCUT2D eigenvalue weighted by Gasteiger charge is -2.35. The Labute approximate surface area is 146 Å². The van der Waals surface area contributed by atoms with Gasteiger partial charge in [0.05, 0.1) is 10.5 Å². The summed E-state index contributed by atoms with van der Waals surface area (Å²) >= 11 is 3.33. The maximum Gasteiger partial charge on any atom is 0.294 e. The number of halogens is 1. The molecule has 9 heteroatoms. The molecule has 1 unspecified atom stereocenters. The van der Waals surface area contributed by atoms with E-state index in [9.17, 15) is 4.79 Å². The van der Waals surface area contributed by atoms with Crippen molar-refractivity contribution in [2.24, 2.45) is 0 Å². The highest BCUT2D eigenvalue weighted by Gasteiger charge is 2.31. The molecule has 0 aliphatic carbocycles. The van der Waals surface area contributed by atoms with Crippen LogP contribution < -0.4 is 5.32 Å². The van der Waals surface area contributed by atoms with Crippen LogP contribution in [0.15, 0.2) is 41.4 Å². The van der Waals surface area contributed by atoms with Crippen LogP contribution in [0.2, 0.25) is 0 Å². The summed E-state index contributed by atoms with van der Waals surface area (Å²) in [5.74, 6) is 0.345. The summed E-state index contributed by atoms with van der Waals surface area (Å²) in [6, 6.07) is 3.75. The van der Waals surface area contributed by atoms with Gasteiger partial charge in [-0.2, -0.15) is 4.98 Å². The number of carbonyl (C=O) groups is 1. The summed E-state index contributed by atoms with van der Waals surface area (Å²) in [6.45, 7) is 2.00. The molecular formula is C15H14BrN7O. The van der Waals surface area contributed by atoms with E-state index >= 15 is 0 Å². The van der Waals surface area contributed by atoms with Gasteiger partial charge in [0.1, 0.15) is 0 Å². The van der Waals surface area contributed by atoms with Crippen LogP contribution in [0.3, 0.4) is 0 Å². The fourth-order valence-electron chi connectivity index (χ4n) is 2.80. The minimum Gasteiger partial charge on any atom is -0.326 e. The van der Waals surface area contributed by atoms with E-state index in [1.165, 1.54) is 4.52 Å². The fraction of sp³-hybridized carbons (Fsp3) is 0.267. The van der Waals surface area contributed by atoms with E-state index in [1.54, 1.807) is 29.7 Å². The topological polar surface area (TPSA) is 88.3 Å². The Balaban J connectivity index is 1.67. The summed E-state index contributed by atoms with van der Waals surface area (Å²) in [5.41, 5.74) is 0.989. The van der Waals surface area contributed by atoms with E-state index in [0.29, 0.717) is 18.9 Å². The molecule has 4 heterocycles. The maximum absolute atomic E-state index is 12.9. The van der Waals surface area contributed by atoms with Crippen molar-refractivity contribution in [2.45, 2.75) is 6.04 Å². The number of hydrogen-bond acceptors (Lipinski definition) is 6. The second-order valence-electron chi connectivity index (χ2n) is 5.46. The molecule has 1 saturated heterocycles. The minimum atomic E-state index is -0.202. The van der Waals surface area contributed by atoms with Crippen LogP contribution in [0.4, 0.5) is 0 Å². The zero-order valence-electron chi connectivity index (χ0n) is 12.6. The standard InChI is InChI=1S/C15H14BrN7O/c16-11-7-19-15-20-13(21-23(15)9-11)14(24)22-5-4-18-8-12(22)10-2-1-3-17-6-10/h1-3,6-7,9,12,18H,4-5,8H2. The zero-order chi connectivity index (χ0) is 16.5. The number of fused-ring (bicyclic) bond motifs is 1. The van der Waals surface area contributed by atoms with Gasteiger partial charge in [-0.1, -0.05) is 6.07 Å². The molecule has 0 saturated carbocycles. The lowest BCUT2D eigenvalue weighted by molar-refractivity contribution is 0.0621. The first-order valence-corrected chi connectivity index (χ1v) is 8.31. The Morgan fingerprint density at radius 1 is 1.38 bits per heavy atom. The Morgan fingerprint density at radius 2 is 2.29 bits per heavy atom. The minimum absolute atomic E-state index is 0.0914. The number of carbonyl (C=O) groups excluding carboxylic acids is 1. The number of nitrogens with one attached hydrogen (secondary N) is 1. The van der Waals surface area contributed by atoms with Crippen LogP contribution in [0.1, 0.15) is 22.2 Å². The van der Waals surface area contributed by atoms with E-state index in [1.807, 2.05) is 12.1 Å². The zero-order valence-corrected chi connectivity index (χ0v) is 14.2. The van der Waals surface area contributed by atoms with Gasteiger partial charge in [0.25, 0.3) is 11.7 Å². The van der Waals surface area contributed by atoms with Crippen molar-refractivity contribution in [1.29, 1.82) is 0 Å². The van der Waals surface area contributed by atoms with E-state index in [0.717, 1.165) is 16.6 Å². The molecule has 1 atom stereocenters. The van der Waals surface area contributed by atoms with Gasteiger partial charge in [-0.05, 0) is 27.6 Å². The first-order valence-electron chi connectivity index (χ1n) is 7.52. The van der Waals surface area contributed by atoms with Gasteiger partial charge in [-0.3, -0.25) is 9.78 Å². The molecule has 24 heavy (non-hydrogen) atoms. The first kappa shape index (κ1) is 15.2. The van der Waals surface area contributed by atoms with E-state index in [4.69, 9.17) is 0 Å². The Kier molecular flexibility index (Phi) is 3.95. The fourth-order valence-corrected chi connectivity index (χ4v) is 3.09. The van der Waals surface area contributed by atoms with Crippen molar-refractivity contribution in [3.63, 3.8) is 0 Å². The molecule has 1 aliphatic heterocycles. The van der Waals surface area contributed by atoms with E-state index < -0.39 is 0 Å².